The van der Waals surface area contributed by atoms with Gasteiger partial charge in [0, 0.05) is 11.1 Å². The molecule has 0 aliphatic rings. The molecule has 0 spiro atoms. The maximum atomic E-state index is 12.9. The molecule has 2 aromatic rings. The summed E-state index contributed by atoms with van der Waals surface area (Å²) in [5.41, 5.74) is 9.09. The van der Waals surface area contributed by atoms with Crippen molar-refractivity contribution in [3.05, 3.63) is 35.5 Å². The molecule has 2 N–H and O–H groups in total. The Hall–Kier alpha value is -2.56. The number of carbonyl (C=O) groups excluding carboxylic acids is 2. The molecule has 7 heteroatoms. The zero-order chi connectivity index (χ0) is 20.1. The van der Waals surface area contributed by atoms with Gasteiger partial charge in [-0.15, -0.1) is 0 Å². The van der Waals surface area contributed by atoms with E-state index in [0.29, 0.717) is 17.0 Å². The molecule has 142 valence electrons. The molecule has 1 aromatic carbocycles. The van der Waals surface area contributed by atoms with Crippen LogP contribution < -0.4 is 10.6 Å². The highest BCUT2D eigenvalue weighted by atomic mass is 32.1. The highest BCUT2D eigenvalue weighted by Crippen LogP contribution is 2.38. The second-order valence-electron chi connectivity index (χ2n) is 6.90. The largest absolute Gasteiger partial charge is 0.320 e. The van der Waals surface area contributed by atoms with E-state index in [1.54, 1.807) is 12.1 Å². The van der Waals surface area contributed by atoms with Gasteiger partial charge >= 0.3 is 0 Å². The van der Waals surface area contributed by atoms with Crippen molar-refractivity contribution in [2.45, 2.75) is 40.2 Å². The Labute approximate surface area is 163 Å². The van der Waals surface area contributed by atoms with Gasteiger partial charge in [-0.05, 0) is 43.3 Å². The molecule has 0 fully saturated rings. The van der Waals surface area contributed by atoms with Crippen LogP contribution in [-0.4, -0.2) is 28.7 Å². The van der Waals surface area contributed by atoms with E-state index < -0.39 is 6.04 Å². The van der Waals surface area contributed by atoms with Crippen LogP contribution in [0.3, 0.4) is 0 Å². The van der Waals surface area contributed by atoms with E-state index in [4.69, 9.17) is 5.73 Å². The molecule has 6 nitrogen and oxygen atoms in total. The number of nitrogens with two attached hydrogens (primary N) is 1. The Morgan fingerprint density at radius 1 is 1.30 bits per heavy atom. The quantitative estimate of drug-likeness (QED) is 0.581. The molecule has 0 saturated heterocycles. The van der Waals surface area contributed by atoms with Crippen LogP contribution in [0.1, 0.15) is 43.2 Å². The predicted molar refractivity (Wildman–Crippen MR) is 108 cm³/mol. The predicted octanol–water partition coefficient (Wildman–Crippen LogP) is 3.55. The zero-order valence-electron chi connectivity index (χ0n) is 16.0. The Balaban J connectivity index is 2.45. The van der Waals surface area contributed by atoms with Gasteiger partial charge in [0.15, 0.2) is 5.78 Å². The lowest BCUT2D eigenvalue weighted by atomic mass is 10.0. The minimum Gasteiger partial charge on any atom is -0.320 e. The summed E-state index contributed by atoms with van der Waals surface area (Å²) in [6.45, 7) is 7.28. The number of aryl methyl sites for hydroxylation is 1. The number of carbonyl (C=O) groups is 2. The van der Waals surface area contributed by atoms with Gasteiger partial charge in [-0.3, -0.25) is 14.5 Å². The lowest BCUT2D eigenvalue weighted by Gasteiger charge is -2.24. The molecule has 2 rings (SSSR count). The van der Waals surface area contributed by atoms with E-state index in [1.807, 2.05) is 32.9 Å². The third-order valence-electron chi connectivity index (χ3n) is 4.21. The van der Waals surface area contributed by atoms with Crippen molar-refractivity contribution in [1.29, 1.82) is 5.26 Å². The van der Waals surface area contributed by atoms with Crippen molar-refractivity contribution in [2.75, 3.05) is 11.4 Å². The topological polar surface area (TPSA) is 100 Å². The van der Waals surface area contributed by atoms with E-state index in [1.165, 1.54) is 23.4 Å². The molecule has 1 aromatic heterocycles. The average molecular weight is 385 g/mol. The van der Waals surface area contributed by atoms with Crippen molar-refractivity contribution in [3.63, 3.8) is 0 Å². The molecule has 0 saturated carbocycles. The summed E-state index contributed by atoms with van der Waals surface area (Å²) >= 11 is 1.18. The molecule has 0 unspecified atom stereocenters. The second-order valence-corrected chi connectivity index (χ2v) is 7.65. The van der Waals surface area contributed by atoms with E-state index in [-0.39, 0.29) is 24.2 Å². The fourth-order valence-electron chi connectivity index (χ4n) is 2.88. The molecule has 1 amide bonds. The van der Waals surface area contributed by atoms with Gasteiger partial charge in [-0.25, -0.2) is 0 Å². The summed E-state index contributed by atoms with van der Waals surface area (Å²) in [5, 5.41) is 9.84. The van der Waals surface area contributed by atoms with Gasteiger partial charge in [-0.1, -0.05) is 38.1 Å². The number of ketones is 1. The maximum absolute atomic E-state index is 12.9. The average Bonchev–Trinajstić information content (AvgIpc) is 2.99. The van der Waals surface area contributed by atoms with Gasteiger partial charge in [0.1, 0.15) is 11.5 Å². The number of hydrogen-bond donors (Lipinski definition) is 1. The first-order valence-corrected chi connectivity index (χ1v) is 9.55. The van der Waals surface area contributed by atoms with E-state index >= 15 is 0 Å². The summed E-state index contributed by atoms with van der Waals surface area (Å²) in [7, 11) is 0. The minimum absolute atomic E-state index is 0.0112. The molecule has 0 bridgehead atoms. The summed E-state index contributed by atoms with van der Waals surface area (Å²) in [6.07, 6.45) is 0.543. The van der Waals surface area contributed by atoms with Gasteiger partial charge < -0.3 is 5.73 Å². The van der Waals surface area contributed by atoms with Crippen molar-refractivity contribution in [3.8, 4) is 17.2 Å². The monoisotopic (exact) mass is 384 g/mol. The highest BCUT2D eigenvalue weighted by Gasteiger charge is 2.28. The maximum Gasteiger partial charge on any atom is 0.245 e. The number of rotatable bonds is 7. The highest BCUT2D eigenvalue weighted by molar-refractivity contribution is 7.11. The van der Waals surface area contributed by atoms with Crippen LogP contribution in [0.2, 0.25) is 0 Å². The van der Waals surface area contributed by atoms with Gasteiger partial charge in [0.05, 0.1) is 17.8 Å². The van der Waals surface area contributed by atoms with Gasteiger partial charge in [0.2, 0.25) is 5.91 Å². The molecule has 1 heterocycles. The Morgan fingerprint density at radius 2 is 1.93 bits per heavy atom. The molecule has 0 aliphatic carbocycles. The van der Waals surface area contributed by atoms with Crippen LogP contribution in [0.25, 0.3) is 11.1 Å². The first-order chi connectivity index (χ1) is 12.8. The summed E-state index contributed by atoms with van der Waals surface area (Å²) in [4.78, 5) is 25.8. The number of nitrogens with zero attached hydrogens (tertiary/aromatic N) is 3. The van der Waals surface area contributed by atoms with Crippen molar-refractivity contribution in [2.24, 2.45) is 11.7 Å². The standard InChI is InChI=1S/C20H24N4O2S/c1-12(2)11-17(22)19(26)24(10-9-21)20-18(13(3)23-27-20)16-7-5-15(6-8-16)14(4)25/h5-8,12,17H,10-11,22H2,1-4H3/t17-/m0/s1. The third kappa shape index (κ3) is 4.79. The Bertz CT molecular complexity index is 865. The molecular weight excluding hydrogens is 360 g/mol. The van der Waals surface area contributed by atoms with Crippen molar-refractivity contribution >= 4 is 28.2 Å². The zero-order valence-corrected chi connectivity index (χ0v) is 16.8. The Kier molecular flexibility index (Phi) is 6.83. The molecule has 1 atom stereocenters. The third-order valence-corrected chi connectivity index (χ3v) is 5.17. The molecule has 27 heavy (non-hydrogen) atoms. The van der Waals surface area contributed by atoms with Crippen LogP contribution in [-0.2, 0) is 4.79 Å². The summed E-state index contributed by atoms with van der Waals surface area (Å²) < 4.78 is 4.39. The van der Waals surface area contributed by atoms with Crippen LogP contribution in [0.15, 0.2) is 24.3 Å². The van der Waals surface area contributed by atoms with Crippen molar-refractivity contribution < 1.29 is 9.59 Å². The minimum atomic E-state index is -0.673. The van der Waals surface area contributed by atoms with Gasteiger partial charge in [-0.2, -0.15) is 9.64 Å². The molecule has 0 aliphatic heterocycles. The van der Waals surface area contributed by atoms with E-state index in [0.717, 1.165) is 16.8 Å². The van der Waals surface area contributed by atoms with Crippen LogP contribution in [0, 0.1) is 24.2 Å². The molecular formula is C20H24N4O2S. The van der Waals surface area contributed by atoms with Crippen LogP contribution >= 0.6 is 11.5 Å². The number of amides is 1. The number of hydrogen-bond acceptors (Lipinski definition) is 6. The van der Waals surface area contributed by atoms with E-state index in [2.05, 4.69) is 10.4 Å². The fraction of sp³-hybridized carbons (Fsp3) is 0.400. The lowest BCUT2D eigenvalue weighted by Crippen LogP contribution is -2.44. The lowest BCUT2D eigenvalue weighted by molar-refractivity contribution is -0.120. The molecule has 0 radical (unpaired) electrons. The number of aromatic nitrogens is 1. The van der Waals surface area contributed by atoms with Crippen LogP contribution in [0.4, 0.5) is 5.00 Å². The fourth-order valence-corrected chi connectivity index (χ4v) is 3.80. The summed E-state index contributed by atoms with van der Waals surface area (Å²) in [6, 6.07) is 8.54. The van der Waals surface area contributed by atoms with E-state index in [9.17, 15) is 14.9 Å². The number of anilines is 1. The van der Waals surface area contributed by atoms with Gasteiger partial charge in [0.25, 0.3) is 0 Å². The smallest absolute Gasteiger partial charge is 0.245 e. The van der Waals surface area contributed by atoms with Crippen LogP contribution in [0.5, 0.6) is 0 Å². The Morgan fingerprint density at radius 3 is 2.44 bits per heavy atom. The number of benzene rings is 1. The number of nitriles is 1. The summed E-state index contributed by atoms with van der Waals surface area (Å²) in [5.74, 6) is -0.0203. The first kappa shape index (κ1) is 20.7. The first-order valence-electron chi connectivity index (χ1n) is 8.77. The van der Waals surface area contributed by atoms with Crippen molar-refractivity contribution in [1.82, 2.24) is 4.37 Å². The number of Topliss-reactive ketones (excluding diaryl/α,β-unsaturated/α-hetero) is 1. The normalized spacial score (nSPS) is 11.9. The second kappa shape index (κ2) is 8.89. The SMILES string of the molecule is CC(=O)c1ccc(-c2c(C)nsc2N(CC#N)C(=O)[C@@H](N)CC(C)C)cc1.